The molecule has 1 aliphatic heterocycles. The number of rotatable bonds is 3. The van der Waals surface area contributed by atoms with E-state index in [1.54, 1.807) is 12.3 Å². The van der Waals surface area contributed by atoms with Gasteiger partial charge in [-0.1, -0.05) is 36.9 Å². The van der Waals surface area contributed by atoms with Crippen LogP contribution in [0.4, 0.5) is 5.82 Å². The fourth-order valence-corrected chi connectivity index (χ4v) is 2.25. The van der Waals surface area contributed by atoms with Gasteiger partial charge < -0.3 is 9.64 Å². The third-order valence-corrected chi connectivity index (χ3v) is 3.28. The molecule has 1 atom stereocenters. The van der Waals surface area contributed by atoms with E-state index in [2.05, 4.69) is 23.1 Å². The topological polar surface area (TPSA) is 38.3 Å². The lowest BCUT2D eigenvalue weighted by Crippen LogP contribution is -2.42. The van der Waals surface area contributed by atoms with Gasteiger partial charge in [-0.25, -0.2) is 4.98 Å². The Balaban J connectivity index is 2.40. The highest BCUT2D eigenvalue weighted by molar-refractivity contribution is 6.31. The Labute approximate surface area is 122 Å². The summed E-state index contributed by atoms with van der Waals surface area (Å²) in [5.41, 5.74) is 0.833. The molecule has 0 saturated carbocycles. The summed E-state index contributed by atoms with van der Waals surface area (Å²) in [6, 6.07) is -0.0959. The molecule has 1 aromatic heterocycles. The van der Waals surface area contributed by atoms with Crippen molar-refractivity contribution >= 4 is 29.0 Å². The van der Waals surface area contributed by atoms with Crippen molar-refractivity contribution in [3.05, 3.63) is 47.4 Å². The monoisotopic (exact) mass is 297 g/mol. The average Bonchev–Trinajstić information content (AvgIpc) is 2.37. The number of fused-ring (bicyclic) bond motifs is 1. The summed E-state index contributed by atoms with van der Waals surface area (Å²) in [6.07, 6.45) is 5.04. The summed E-state index contributed by atoms with van der Waals surface area (Å²) in [5, 5.41) is 0.623. The minimum Gasteiger partial charge on any atom is -0.486 e. The van der Waals surface area contributed by atoms with E-state index in [0.717, 1.165) is 5.57 Å². The van der Waals surface area contributed by atoms with Crippen molar-refractivity contribution in [1.82, 2.24) is 9.97 Å². The van der Waals surface area contributed by atoms with Crippen LogP contribution < -0.4 is 9.64 Å². The van der Waals surface area contributed by atoms with E-state index in [0.29, 0.717) is 23.2 Å². The molecule has 0 aromatic carbocycles. The van der Waals surface area contributed by atoms with E-state index in [1.807, 2.05) is 18.0 Å². The van der Waals surface area contributed by atoms with Gasteiger partial charge in [0.15, 0.2) is 11.6 Å². The largest absolute Gasteiger partial charge is 0.486 e. The minimum absolute atomic E-state index is 0.0959. The number of nitrogens with zero attached hydrogens (tertiary/aromatic N) is 3. The van der Waals surface area contributed by atoms with Crippen LogP contribution in [0, 0.1) is 0 Å². The number of anilines is 1. The molecule has 0 amide bonds. The average molecular weight is 298 g/mol. The molecule has 1 aromatic rings. The summed E-state index contributed by atoms with van der Waals surface area (Å²) in [7, 11) is 1.89. The maximum Gasteiger partial charge on any atom is 0.224 e. The van der Waals surface area contributed by atoms with Crippen LogP contribution in [0.2, 0.25) is 5.28 Å². The molecular weight excluding hydrogens is 285 g/mol. The van der Waals surface area contributed by atoms with Crippen LogP contribution in [-0.2, 0) is 0 Å². The van der Waals surface area contributed by atoms with Gasteiger partial charge in [0.1, 0.15) is 6.61 Å². The van der Waals surface area contributed by atoms with Crippen LogP contribution in [0.25, 0.3) is 0 Å². The number of ether oxygens (including phenoxy) is 1. The quantitative estimate of drug-likeness (QED) is 0.634. The summed E-state index contributed by atoms with van der Waals surface area (Å²) in [6.45, 7) is 7.87. The van der Waals surface area contributed by atoms with E-state index in [-0.39, 0.29) is 11.3 Å². The number of aromatic nitrogens is 2. The van der Waals surface area contributed by atoms with Crippen LogP contribution >= 0.6 is 23.2 Å². The molecule has 0 radical (unpaired) electrons. The molecule has 0 N–H and O–H groups in total. The van der Waals surface area contributed by atoms with Crippen LogP contribution in [-0.4, -0.2) is 29.7 Å². The Morgan fingerprint density at radius 1 is 1.63 bits per heavy atom. The summed E-state index contributed by atoms with van der Waals surface area (Å²) >= 11 is 11.8. The van der Waals surface area contributed by atoms with Gasteiger partial charge in [0.2, 0.25) is 5.28 Å². The first-order valence-electron chi connectivity index (χ1n) is 5.60. The molecular formula is C13H13Cl2N3O. The summed E-state index contributed by atoms with van der Waals surface area (Å²) in [5.74, 6) is 1.23. The van der Waals surface area contributed by atoms with Crippen LogP contribution in [0.15, 0.2) is 42.1 Å². The van der Waals surface area contributed by atoms with Crippen molar-refractivity contribution in [3.63, 3.8) is 0 Å². The third kappa shape index (κ3) is 2.74. The zero-order valence-electron chi connectivity index (χ0n) is 10.4. The Hall–Kier alpha value is -1.52. The molecule has 0 bridgehead atoms. The van der Waals surface area contributed by atoms with Crippen molar-refractivity contribution in [2.75, 3.05) is 18.6 Å². The van der Waals surface area contributed by atoms with Gasteiger partial charge >= 0.3 is 0 Å². The highest BCUT2D eigenvalue weighted by Crippen LogP contribution is 2.34. The van der Waals surface area contributed by atoms with Crippen molar-refractivity contribution in [2.24, 2.45) is 0 Å². The minimum atomic E-state index is -0.0959. The van der Waals surface area contributed by atoms with Gasteiger partial charge in [-0.05, 0) is 17.2 Å². The van der Waals surface area contributed by atoms with Gasteiger partial charge in [-0.15, -0.1) is 0 Å². The number of likely N-dealkylation sites (N-methyl/N-ethyl adjacent to an activating group) is 1. The maximum absolute atomic E-state index is 6.03. The van der Waals surface area contributed by atoms with Crippen LogP contribution in [0.3, 0.4) is 0 Å². The first-order chi connectivity index (χ1) is 9.04. The third-order valence-electron chi connectivity index (χ3n) is 2.87. The van der Waals surface area contributed by atoms with E-state index in [1.165, 1.54) is 0 Å². The number of allylic oxidation sites excluding steroid dienone is 2. The smallest absolute Gasteiger partial charge is 0.224 e. The predicted octanol–water partition coefficient (Wildman–Crippen LogP) is 3.19. The molecule has 100 valence electrons. The lowest BCUT2D eigenvalue weighted by atomic mass is 10.0. The first-order valence-corrected chi connectivity index (χ1v) is 6.35. The highest BCUT2D eigenvalue weighted by Gasteiger charge is 2.29. The standard InChI is InChI=1S/C13H13Cl2N3O/c1-4-5-9(8(2)14)10-7-19-11-6-16-13(15)17-12(11)18(10)3/h4-6,10H,1-2,7H2,3H3/b9-5+. The fourth-order valence-electron chi connectivity index (χ4n) is 1.93. The van der Waals surface area contributed by atoms with E-state index in [4.69, 9.17) is 27.9 Å². The zero-order valence-corrected chi connectivity index (χ0v) is 11.9. The Morgan fingerprint density at radius 2 is 2.37 bits per heavy atom. The van der Waals surface area contributed by atoms with Crippen molar-refractivity contribution in [1.29, 1.82) is 0 Å². The second-order valence-corrected chi connectivity index (χ2v) is 4.82. The second-order valence-electron chi connectivity index (χ2n) is 4.03. The molecule has 1 unspecified atom stereocenters. The van der Waals surface area contributed by atoms with E-state index >= 15 is 0 Å². The van der Waals surface area contributed by atoms with Gasteiger partial charge in [-0.3, -0.25) is 0 Å². The van der Waals surface area contributed by atoms with Gasteiger partial charge in [0, 0.05) is 12.1 Å². The van der Waals surface area contributed by atoms with Crippen molar-refractivity contribution < 1.29 is 4.74 Å². The maximum atomic E-state index is 6.03. The molecule has 4 nitrogen and oxygen atoms in total. The Kier molecular flexibility index (Phi) is 4.12. The SMILES string of the molecule is C=C/C=C(\C(=C)Cl)C1COc2cnc(Cl)nc2N1C. The molecule has 0 saturated heterocycles. The highest BCUT2D eigenvalue weighted by atomic mass is 35.5. The molecule has 0 fully saturated rings. The Bertz CT molecular complexity index is 557. The number of hydrogen-bond donors (Lipinski definition) is 0. The summed E-state index contributed by atoms with van der Waals surface area (Å²) < 4.78 is 5.64. The molecule has 6 heteroatoms. The normalized spacial score (nSPS) is 18.6. The first kappa shape index (κ1) is 13.9. The molecule has 19 heavy (non-hydrogen) atoms. The fraction of sp³-hybridized carbons (Fsp3) is 0.231. The molecule has 2 rings (SSSR count). The lowest BCUT2D eigenvalue weighted by molar-refractivity contribution is 0.279. The van der Waals surface area contributed by atoms with E-state index in [9.17, 15) is 0 Å². The zero-order chi connectivity index (χ0) is 14.0. The predicted molar refractivity (Wildman–Crippen MR) is 78.0 cm³/mol. The van der Waals surface area contributed by atoms with Crippen LogP contribution in [0.1, 0.15) is 0 Å². The number of halogens is 2. The van der Waals surface area contributed by atoms with Gasteiger partial charge in [0.25, 0.3) is 0 Å². The van der Waals surface area contributed by atoms with Gasteiger partial charge in [-0.2, -0.15) is 4.98 Å². The lowest BCUT2D eigenvalue weighted by Gasteiger charge is -2.35. The molecule has 0 aliphatic carbocycles. The molecule has 1 aliphatic rings. The molecule has 0 spiro atoms. The molecule has 2 heterocycles. The second kappa shape index (κ2) is 5.63. The summed E-state index contributed by atoms with van der Waals surface area (Å²) in [4.78, 5) is 10.0. The number of hydrogen-bond acceptors (Lipinski definition) is 4. The van der Waals surface area contributed by atoms with Crippen molar-refractivity contribution in [2.45, 2.75) is 6.04 Å². The van der Waals surface area contributed by atoms with Crippen molar-refractivity contribution in [3.8, 4) is 5.75 Å². The van der Waals surface area contributed by atoms with E-state index < -0.39 is 0 Å². The van der Waals surface area contributed by atoms with Crippen LogP contribution in [0.5, 0.6) is 5.75 Å². The Morgan fingerprint density at radius 3 is 3.00 bits per heavy atom. The van der Waals surface area contributed by atoms with Gasteiger partial charge in [0.05, 0.1) is 12.2 Å².